The number of benzene rings is 1. The number of hydrogen-bond acceptors (Lipinski definition) is 3. The van der Waals surface area contributed by atoms with E-state index in [2.05, 4.69) is 5.32 Å². The molecule has 1 aliphatic heterocycles. The van der Waals surface area contributed by atoms with E-state index in [0.29, 0.717) is 42.8 Å². The summed E-state index contributed by atoms with van der Waals surface area (Å²) in [6, 6.07) is 4.91. The van der Waals surface area contributed by atoms with Crippen LogP contribution in [0.2, 0.25) is 10.0 Å². The minimum Gasteiger partial charge on any atom is -0.481 e. The summed E-state index contributed by atoms with van der Waals surface area (Å²) in [5.41, 5.74) is -0.0386. The predicted molar refractivity (Wildman–Crippen MR) is 91.4 cm³/mol. The van der Waals surface area contributed by atoms with Gasteiger partial charge in [0.05, 0.1) is 18.6 Å². The Hall–Kier alpha value is -1.50. The monoisotopic (exact) mass is 374 g/mol. The number of nitrogens with zero attached hydrogens (tertiary/aromatic N) is 1. The van der Waals surface area contributed by atoms with Crippen molar-refractivity contribution in [3.05, 3.63) is 33.8 Å². The molecule has 0 aliphatic carbocycles. The van der Waals surface area contributed by atoms with E-state index < -0.39 is 11.4 Å². The van der Waals surface area contributed by atoms with Crippen LogP contribution in [0, 0.1) is 5.41 Å². The zero-order valence-corrected chi connectivity index (χ0v) is 14.9. The first-order valence-corrected chi connectivity index (χ1v) is 8.35. The summed E-state index contributed by atoms with van der Waals surface area (Å²) in [6.45, 7) is 3.30. The van der Waals surface area contributed by atoms with Crippen molar-refractivity contribution in [2.24, 2.45) is 5.41 Å². The molecule has 0 saturated carbocycles. The number of halogens is 2. The zero-order valence-electron chi connectivity index (χ0n) is 13.3. The second-order valence-corrected chi connectivity index (χ2v) is 6.90. The van der Waals surface area contributed by atoms with Gasteiger partial charge in [-0.25, -0.2) is 4.79 Å². The molecule has 132 valence electrons. The Morgan fingerprint density at radius 1 is 1.42 bits per heavy atom. The molecule has 1 heterocycles. The number of urea groups is 1. The molecule has 1 aromatic rings. The fourth-order valence-electron chi connectivity index (χ4n) is 2.47. The molecule has 0 spiro atoms. The molecule has 1 atom stereocenters. The van der Waals surface area contributed by atoms with Gasteiger partial charge in [-0.3, -0.25) is 4.79 Å². The minimum atomic E-state index is -0.874. The van der Waals surface area contributed by atoms with Crippen LogP contribution in [0.4, 0.5) is 4.79 Å². The maximum Gasteiger partial charge on any atom is 0.317 e. The van der Waals surface area contributed by atoms with E-state index in [-0.39, 0.29) is 12.6 Å². The molecule has 1 fully saturated rings. The summed E-state index contributed by atoms with van der Waals surface area (Å²) >= 11 is 11.9. The lowest BCUT2D eigenvalue weighted by Crippen LogP contribution is -2.41. The number of likely N-dealkylation sites (tertiary alicyclic amines) is 1. The smallest absolute Gasteiger partial charge is 0.317 e. The first-order chi connectivity index (χ1) is 11.3. The lowest BCUT2D eigenvalue weighted by molar-refractivity contribution is -0.147. The number of carboxylic acid groups (broad SMARTS) is 1. The number of aliphatic carboxylic acids is 1. The van der Waals surface area contributed by atoms with Crippen molar-refractivity contribution < 1.29 is 19.4 Å². The topological polar surface area (TPSA) is 78.9 Å². The molecular weight excluding hydrogens is 355 g/mol. The maximum atomic E-state index is 12.0. The molecule has 0 bridgehead atoms. The summed E-state index contributed by atoms with van der Waals surface area (Å²) in [7, 11) is 0. The first-order valence-electron chi connectivity index (χ1n) is 7.60. The Kier molecular flexibility index (Phi) is 6.32. The Morgan fingerprint density at radius 2 is 2.17 bits per heavy atom. The average molecular weight is 375 g/mol. The fourth-order valence-corrected chi connectivity index (χ4v) is 2.93. The van der Waals surface area contributed by atoms with Crippen LogP contribution in [0.3, 0.4) is 0 Å². The van der Waals surface area contributed by atoms with Crippen LogP contribution in [0.25, 0.3) is 0 Å². The van der Waals surface area contributed by atoms with Gasteiger partial charge < -0.3 is 20.1 Å². The highest BCUT2D eigenvalue weighted by Crippen LogP contribution is 2.29. The number of amides is 2. The molecule has 24 heavy (non-hydrogen) atoms. The van der Waals surface area contributed by atoms with Gasteiger partial charge in [-0.05, 0) is 31.0 Å². The normalized spacial score (nSPS) is 20.2. The summed E-state index contributed by atoms with van der Waals surface area (Å²) < 4.78 is 5.48. The Balaban J connectivity index is 1.67. The minimum absolute atomic E-state index is 0.218. The van der Waals surface area contributed by atoms with Gasteiger partial charge in [-0.2, -0.15) is 0 Å². The van der Waals surface area contributed by atoms with Crippen molar-refractivity contribution in [3.63, 3.8) is 0 Å². The largest absolute Gasteiger partial charge is 0.481 e. The van der Waals surface area contributed by atoms with Crippen LogP contribution >= 0.6 is 23.2 Å². The molecule has 6 nitrogen and oxygen atoms in total. The number of ether oxygens (including phenoxy) is 1. The molecule has 0 radical (unpaired) electrons. The highest BCUT2D eigenvalue weighted by Gasteiger charge is 2.42. The van der Waals surface area contributed by atoms with E-state index in [0.717, 1.165) is 5.56 Å². The fraction of sp³-hybridized carbons (Fsp3) is 0.500. The molecule has 8 heteroatoms. The molecule has 1 aromatic carbocycles. The second-order valence-electron chi connectivity index (χ2n) is 6.06. The molecule has 1 aliphatic rings. The van der Waals surface area contributed by atoms with Gasteiger partial charge in [0, 0.05) is 29.7 Å². The third-order valence-corrected chi connectivity index (χ3v) is 4.66. The molecule has 0 aromatic heterocycles. The van der Waals surface area contributed by atoms with Gasteiger partial charge >= 0.3 is 12.0 Å². The van der Waals surface area contributed by atoms with Gasteiger partial charge in [0.1, 0.15) is 0 Å². The van der Waals surface area contributed by atoms with E-state index in [4.69, 9.17) is 33.0 Å². The van der Waals surface area contributed by atoms with Gasteiger partial charge in [-0.1, -0.05) is 29.3 Å². The van der Waals surface area contributed by atoms with Crippen LogP contribution in [-0.4, -0.2) is 48.2 Å². The number of carboxylic acids is 1. The molecular formula is C16H20Cl2N2O4. The molecule has 2 amide bonds. The Bertz CT molecular complexity index is 626. The van der Waals surface area contributed by atoms with Gasteiger partial charge in [-0.15, -0.1) is 0 Å². The van der Waals surface area contributed by atoms with Crippen molar-refractivity contribution in [1.82, 2.24) is 10.2 Å². The molecule has 1 unspecified atom stereocenters. The molecule has 1 saturated heterocycles. The van der Waals surface area contributed by atoms with Crippen LogP contribution in [0.5, 0.6) is 0 Å². The first kappa shape index (κ1) is 18.8. The van der Waals surface area contributed by atoms with E-state index in [1.165, 1.54) is 4.90 Å². The Morgan fingerprint density at radius 3 is 2.79 bits per heavy atom. The van der Waals surface area contributed by atoms with Crippen LogP contribution < -0.4 is 5.32 Å². The van der Waals surface area contributed by atoms with E-state index in [9.17, 15) is 9.59 Å². The van der Waals surface area contributed by atoms with Crippen LogP contribution in [0.1, 0.15) is 18.9 Å². The van der Waals surface area contributed by atoms with Crippen molar-refractivity contribution in [2.45, 2.75) is 20.0 Å². The van der Waals surface area contributed by atoms with Crippen LogP contribution in [-0.2, 0) is 16.1 Å². The summed E-state index contributed by atoms with van der Waals surface area (Å²) in [6.07, 6.45) is 0.460. The summed E-state index contributed by atoms with van der Waals surface area (Å²) in [4.78, 5) is 24.7. The van der Waals surface area contributed by atoms with Gasteiger partial charge in [0.25, 0.3) is 0 Å². The van der Waals surface area contributed by atoms with Gasteiger partial charge in [0.15, 0.2) is 0 Å². The quantitative estimate of drug-likeness (QED) is 0.750. The number of nitrogens with one attached hydrogen (secondary N) is 1. The maximum absolute atomic E-state index is 12.0. The number of carbonyl (C=O) groups is 2. The van der Waals surface area contributed by atoms with Crippen molar-refractivity contribution in [3.8, 4) is 0 Å². The van der Waals surface area contributed by atoms with Crippen LogP contribution in [0.15, 0.2) is 18.2 Å². The number of rotatable bonds is 6. The predicted octanol–water partition coefficient (Wildman–Crippen LogP) is 3.02. The number of carbonyl (C=O) groups excluding carboxylic acids is 1. The Labute approximate surface area is 150 Å². The third-order valence-electron chi connectivity index (χ3n) is 4.07. The summed E-state index contributed by atoms with van der Waals surface area (Å²) in [5.74, 6) is -0.874. The van der Waals surface area contributed by atoms with Crippen molar-refractivity contribution in [2.75, 3.05) is 26.2 Å². The van der Waals surface area contributed by atoms with Crippen molar-refractivity contribution in [1.29, 1.82) is 0 Å². The van der Waals surface area contributed by atoms with Crippen molar-refractivity contribution >= 4 is 35.2 Å². The van der Waals surface area contributed by atoms with Gasteiger partial charge in [0.2, 0.25) is 0 Å². The molecule has 2 N–H and O–H groups in total. The molecule has 2 rings (SSSR count). The zero-order chi connectivity index (χ0) is 17.7. The summed E-state index contributed by atoms with van der Waals surface area (Å²) in [5, 5.41) is 13.0. The average Bonchev–Trinajstić information content (AvgIpc) is 2.93. The lowest BCUT2D eigenvalue weighted by atomic mass is 9.90. The van der Waals surface area contributed by atoms with E-state index in [1.54, 1.807) is 25.1 Å². The SMILES string of the molecule is CC1(C(=O)O)CCN(C(=O)NCCOCc2ccc(Cl)cc2Cl)C1. The third kappa shape index (κ3) is 4.75. The van der Waals surface area contributed by atoms with E-state index >= 15 is 0 Å². The highest BCUT2D eigenvalue weighted by molar-refractivity contribution is 6.35. The highest BCUT2D eigenvalue weighted by atomic mass is 35.5. The second kappa shape index (κ2) is 8.05. The van der Waals surface area contributed by atoms with E-state index in [1.807, 2.05) is 0 Å². The standard InChI is InChI=1S/C16H20Cl2N2O4/c1-16(14(21)22)4-6-20(10-16)15(23)19-5-7-24-9-11-2-3-12(17)8-13(11)18/h2-3,8H,4-7,9-10H2,1H3,(H,19,23)(H,21,22). The lowest BCUT2D eigenvalue weighted by Gasteiger charge is -2.20. The number of hydrogen-bond donors (Lipinski definition) is 2.